The van der Waals surface area contributed by atoms with Gasteiger partial charge in [-0.1, -0.05) is 24.6 Å². The van der Waals surface area contributed by atoms with Crippen molar-refractivity contribution in [2.24, 2.45) is 0 Å². The predicted octanol–water partition coefficient (Wildman–Crippen LogP) is 4.08. The van der Waals surface area contributed by atoms with Crippen LogP contribution in [0.15, 0.2) is 24.3 Å². The molecule has 2 aromatic heterocycles. The Morgan fingerprint density at radius 1 is 1.18 bits per heavy atom. The molecule has 146 valence electrons. The first-order valence-electron chi connectivity index (χ1n) is 9.50. The summed E-state index contributed by atoms with van der Waals surface area (Å²) in [6, 6.07) is 6.81. The van der Waals surface area contributed by atoms with E-state index in [1.54, 1.807) is 23.5 Å². The van der Waals surface area contributed by atoms with E-state index in [1.807, 2.05) is 18.0 Å². The molecule has 0 fully saturated rings. The fourth-order valence-corrected chi connectivity index (χ4v) is 5.18. The van der Waals surface area contributed by atoms with Crippen LogP contribution in [0.5, 0.6) is 0 Å². The number of nitrogens with two attached hydrogens (primary N) is 1. The van der Waals surface area contributed by atoms with Gasteiger partial charge in [0.15, 0.2) is 0 Å². The molecule has 0 bridgehead atoms. The molecule has 0 radical (unpaired) electrons. The zero-order valence-corrected chi connectivity index (χ0v) is 16.7. The van der Waals surface area contributed by atoms with Gasteiger partial charge in [-0.25, -0.2) is 9.97 Å². The molecular weight excluding hydrogens is 374 g/mol. The Labute approximate surface area is 167 Å². The number of aromatic nitrogens is 2. The molecule has 1 aromatic carbocycles. The number of nitrogens with zero attached hydrogens (tertiary/aromatic N) is 4. The van der Waals surface area contributed by atoms with Crippen molar-refractivity contribution >= 4 is 33.1 Å². The Bertz CT molecular complexity index is 1030. The lowest BCUT2D eigenvalue weighted by Gasteiger charge is -2.16. The lowest BCUT2D eigenvalue weighted by molar-refractivity contribution is -0.385. The Kier molecular flexibility index (Phi) is 5.23. The van der Waals surface area contributed by atoms with Gasteiger partial charge in [0.05, 0.1) is 16.9 Å². The van der Waals surface area contributed by atoms with E-state index in [4.69, 9.17) is 10.7 Å². The maximum atomic E-state index is 11.2. The SMILES string of the molecule is CN(Cc1nc(N)c2c3c(sc2n1)CCCCC3)Cc1ccccc1[N+](=O)[O-]. The van der Waals surface area contributed by atoms with Crippen LogP contribution < -0.4 is 5.73 Å². The van der Waals surface area contributed by atoms with Crippen molar-refractivity contribution in [3.8, 4) is 0 Å². The van der Waals surface area contributed by atoms with Gasteiger partial charge in [-0.15, -0.1) is 11.3 Å². The summed E-state index contributed by atoms with van der Waals surface area (Å²) in [4.78, 5) is 24.5. The molecule has 3 aromatic rings. The Balaban J connectivity index is 1.57. The highest BCUT2D eigenvalue weighted by molar-refractivity contribution is 7.19. The molecule has 28 heavy (non-hydrogen) atoms. The van der Waals surface area contributed by atoms with E-state index in [0.717, 1.165) is 23.1 Å². The topological polar surface area (TPSA) is 98.2 Å². The van der Waals surface area contributed by atoms with Crippen molar-refractivity contribution < 1.29 is 4.92 Å². The van der Waals surface area contributed by atoms with E-state index in [0.29, 0.717) is 30.3 Å². The second kappa shape index (κ2) is 7.81. The molecule has 0 saturated heterocycles. The van der Waals surface area contributed by atoms with Crippen molar-refractivity contribution in [3.05, 3.63) is 56.2 Å². The fraction of sp³-hybridized carbons (Fsp3) is 0.400. The highest BCUT2D eigenvalue weighted by Crippen LogP contribution is 2.37. The average Bonchev–Trinajstić information content (AvgIpc) is 2.84. The quantitative estimate of drug-likeness (QED) is 0.396. The second-order valence-electron chi connectivity index (χ2n) is 7.33. The number of nitro groups is 1. The van der Waals surface area contributed by atoms with Crippen LogP contribution in [0.2, 0.25) is 0 Å². The molecule has 1 aliphatic carbocycles. The smallest absolute Gasteiger partial charge is 0.273 e. The fourth-order valence-electron chi connectivity index (χ4n) is 3.89. The maximum absolute atomic E-state index is 11.2. The first-order chi connectivity index (χ1) is 13.5. The molecule has 0 aliphatic heterocycles. The van der Waals surface area contributed by atoms with Crippen LogP contribution in [0.3, 0.4) is 0 Å². The van der Waals surface area contributed by atoms with Crippen LogP contribution in [0.1, 0.15) is 41.1 Å². The van der Waals surface area contributed by atoms with Crippen LogP contribution in [-0.4, -0.2) is 26.8 Å². The number of hydrogen-bond acceptors (Lipinski definition) is 7. The lowest BCUT2D eigenvalue weighted by Crippen LogP contribution is -2.20. The summed E-state index contributed by atoms with van der Waals surface area (Å²) in [5.74, 6) is 1.21. The normalized spacial score (nSPS) is 14.2. The van der Waals surface area contributed by atoms with Gasteiger partial charge in [0.25, 0.3) is 5.69 Å². The number of thiophene rings is 1. The molecule has 4 rings (SSSR count). The summed E-state index contributed by atoms with van der Waals surface area (Å²) in [6.45, 7) is 0.925. The van der Waals surface area contributed by atoms with Crippen LogP contribution >= 0.6 is 11.3 Å². The molecule has 0 amide bonds. The molecule has 0 unspecified atom stereocenters. The number of para-hydroxylation sites is 1. The summed E-state index contributed by atoms with van der Waals surface area (Å²) in [7, 11) is 1.91. The molecule has 2 N–H and O–H groups in total. The molecule has 0 atom stereocenters. The lowest BCUT2D eigenvalue weighted by atomic mass is 10.1. The number of anilines is 1. The third kappa shape index (κ3) is 3.70. The second-order valence-corrected chi connectivity index (χ2v) is 8.41. The minimum absolute atomic E-state index is 0.132. The molecule has 8 heteroatoms. The first kappa shape index (κ1) is 18.8. The summed E-state index contributed by atoms with van der Waals surface area (Å²) in [5, 5.41) is 12.3. The van der Waals surface area contributed by atoms with Crippen LogP contribution in [0.4, 0.5) is 11.5 Å². The zero-order valence-electron chi connectivity index (χ0n) is 15.9. The minimum Gasteiger partial charge on any atom is -0.383 e. The summed E-state index contributed by atoms with van der Waals surface area (Å²) in [5.41, 5.74) is 8.46. The van der Waals surface area contributed by atoms with Gasteiger partial charge >= 0.3 is 0 Å². The van der Waals surface area contributed by atoms with Crippen molar-refractivity contribution in [2.75, 3.05) is 12.8 Å². The number of nitro benzene ring substituents is 1. The zero-order chi connectivity index (χ0) is 19.7. The van der Waals surface area contributed by atoms with E-state index in [1.165, 1.54) is 35.8 Å². The summed E-state index contributed by atoms with van der Waals surface area (Å²) >= 11 is 1.74. The number of aryl methyl sites for hydroxylation is 2. The van der Waals surface area contributed by atoms with Gasteiger partial charge in [0.2, 0.25) is 0 Å². The number of hydrogen-bond donors (Lipinski definition) is 1. The molecule has 0 saturated carbocycles. The summed E-state index contributed by atoms with van der Waals surface area (Å²) < 4.78 is 0. The van der Waals surface area contributed by atoms with E-state index in [9.17, 15) is 10.1 Å². The van der Waals surface area contributed by atoms with Gasteiger partial charge in [-0.05, 0) is 38.3 Å². The van der Waals surface area contributed by atoms with Crippen molar-refractivity contribution in [2.45, 2.75) is 45.2 Å². The predicted molar refractivity (Wildman–Crippen MR) is 111 cm³/mol. The van der Waals surface area contributed by atoms with Crippen molar-refractivity contribution in [3.63, 3.8) is 0 Å². The standard InChI is InChI=1S/C20H23N5O2S/c1-24(11-13-7-5-6-9-15(13)25(26)27)12-17-22-19(21)18-14-8-3-2-4-10-16(14)28-20(18)23-17/h5-7,9H,2-4,8,10-12H2,1H3,(H2,21,22,23). The Hall–Kier alpha value is -2.58. The van der Waals surface area contributed by atoms with Crippen molar-refractivity contribution in [1.82, 2.24) is 14.9 Å². The molecule has 2 heterocycles. The van der Waals surface area contributed by atoms with E-state index in [-0.39, 0.29) is 10.6 Å². The van der Waals surface area contributed by atoms with Crippen LogP contribution in [-0.2, 0) is 25.9 Å². The van der Waals surface area contributed by atoms with Crippen molar-refractivity contribution in [1.29, 1.82) is 0 Å². The summed E-state index contributed by atoms with van der Waals surface area (Å²) in [6.07, 6.45) is 5.83. The highest BCUT2D eigenvalue weighted by atomic mass is 32.1. The Morgan fingerprint density at radius 2 is 1.96 bits per heavy atom. The molecule has 7 nitrogen and oxygen atoms in total. The minimum atomic E-state index is -0.345. The highest BCUT2D eigenvalue weighted by Gasteiger charge is 2.20. The molecule has 0 spiro atoms. The average molecular weight is 398 g/mol. The molecule has 1 aliphatic rings. The third-order valence-corrected chi connectivity index (χ3v) is 6.36. The van der Waals surface area contributed by atoms with Gasteiger partial charge < -0.3 is 5.73 Å². The van der Waals surface area contributed by atoms with Gasteiger partial charge in [0, 0.05) is 23.1 Å². The van der Waals surface area contributed by atoms with E-state index in [2.05, 4.69) is 4.98 Å². The Morgan fingerprint density at radius 3 is 2.79 bits per heavy atom. The monoisotopic (exact) mass is 397 g/mol. The van der Waals surface area contributed by atoms with E-state index >= 15 is 0 Å². The van der Waals surface area contributed by atoms with Crippen LogP contribution in [0, 0.1) is 10.1 Å². The van der Waals surface area contributed by atoms with E-state index < -0.39 is 0 Å². The van der Waals surface area contributed by atoms with Gasteiger partial charge in [-0.3, -0.25) is 15.0 Å². The largest absolute Gasteiger partial charge is 0.383 e. The number of nitrogen functional groups attached to an aromatic ring is 1. The van der Waals surface area contributed by atoms with Crippen LogP contribution in [0.25, 0.3) is 10.2 Å². The molecular formula is C20H23N5O2S. The number of fused-ring (bicyclic) bond motifs is 3. The van der Waals surface area contributed by atoms with Gasteiger partial charge in [0.1, 0.15) is 16.5 Å². The maximum Gasteiger partial charge on any atom is 0.273 e. The van der Waals surface area contributed by atoms with Gasteiger partial charge in [-0.2, -0.15) is 0 Å². The first-order valence-corrected chi connectivity index (χ1v) is 10.3. The third-order valence-electron chi connectivity index (χ3n) is 5.18. The number of benzene rings is 1. The number of rotatable bonds is 5.